The van der Waals surface area contributed by atoms with Gasteiger partial charge in [0, 0.05) is 5.56 Å². The molecule has 0 saturated carbocycles. The highest BCUT2D eigenvalue weighted by atomic mass is 35.6. The van der Waals surface area contributed by atoms with Gasteiger partial charge in [0.05, 0.1) is 11.4 Å². The molecule has 0 spiro atoms. The number of amides is 2. The summed E-state index contributed by atoms with van der Waals surface area (Å²) in [4.78, 5) is 27.7. The molecule has 1 fully saturated rings. The molecule has 0 aromatic heterocycles. The second-order valence-corrected chi connectivity index (χ2v) is 12.2. The van der Waals surface area contributed by atoms with Crippen LogP contribution in [0.2, 0.25) is 0 Å². The number of carbonyl (C=O) groups is 2. The molecule has 0 aliphatic carbocycles. The van der Waals surface area contributed by atoms with E-state index in [4.69, 9.17) is 51.8 Å². The summed E-state index contributed by atoms with van der Waals surface area (Å²) in [6.45, 7) is 2.34. The molecule has 1 saturated heterocycles. The second kappa shape index (κ2) is 11.9. The molecule has 10 heteroatoms. The number of halogens is 3. The third-order valence-corrected chi connectivity index (χ3v) is 7.33. The van der Waals surface area contributed by atoms with Gasteiger partial charge in [0.15, 0.2) is 0 Å². The molecule has 3 aromatic rings. The Kier molecular flexibility index (Phi) is 8.82. The van der Waals surface area contributed by atoms with Crippen LogP contribution in [0.4, 0.5) is 0 Å². The third-order valence-electron chi connectivity index (χ3n) is 5.36. The predicted octanol–water partition coefficient (Wildman–Crippen LogP) is 6.90. The van der Waals surface area contributed by atoms with Gasteiger partial charge in [0.2, 0.25) is 10.0 Å². The molecule has 0 bridgehead atoms. The zero-order valence-electron chi connectivity index (χ0n) is 19.5. The molecule has 1 aliphatic heterocycles. The second-order valence-electron chi connectivity index (χ2n) is 8.20. The van der Waals surface area contributed by atoms with Gasteiger partial charge in [-0.25, -0.2) is 0 Å². The molecule has 1 heterocycles. The van der Waals surface area contributed by atoms with Gasteiger partial charge in [-0.1, -0.05) is 119 Å². The van der Waals surface area contributed by atoms with Crippen LogP contribution in [-0.4, -0.2) is 31.1 Å². The number of hydrogen-bond acceptors (Lipinski definition) is 5. The lowest BCUT2D eigenvalue weighted by atomic mass is 10.1. The van der Waals surface area contributed by atoms with Crippen LogP contribution >= 0.6 is 58.8 Å². The van der Waals surface area contributed by atoms with Crippen LogP contribution in [0.3, 0.4) is 0 Å². The van der Waals surface area contributed by atoms with Crippen molar-refractivity contribution in [2.45, 2.75) is 23.5 Å². The Labute approximate surface area is 239 Å². The molecule has 1 N–H and O–H groups in total. The summed E-state index contributed by atoms with van der Waals surface area (Å²) >= 11 is 24.9. The van der Waals surface area contributed by atoms with Crippen molar-refractivity contribution in [3.8, 4) is 5.75 Å². The summed E-state index contributed by atoms with van der Waals surface area (Å²) in [5, 5.41) is 2.61. The number of carbonyl (C=O) groups excluding carboxylic acids is 2. The summed E-state index contributed by atoms with van der Waals surface area (Å²) in [5.41, 5.74) is 3.19. The summed E-state index contributed by atoms with van der Waals surface area (Å²) in [7, 11) is 0. The van der Waals surface area contributed by atoms with E-state index in [9.17, 15) is 9.59 Å². The van der Waals surface area contributed by atoms with Crippen molar-refractivity contribution in [2.24, 2.45) is 0 Å². The molecular formula is C27H21Cl3N2O3S2. The molecule has 2 amide bonds. The zero-order chi connectivity index (χ0) is 26.6. The molecule has 37 heavy (non-hydrogen) atoms. The van der Waals surface area contributed by atoms with Gasteiger partial charge in [0.1, 0.15) is 10.1 Å². The highest BCUT2D eigenvalue weighted by Gasteiger charge is 2.36. The van der Waals surface area contributed by atoms with Gasteiger partial charge < -0.3 is 10.1 Å². The van der Waals surface area contributed by atoms with Crippen LogP contribution in [0.25, 0.3) is 6.08 Å². The number of rotatable bonds is 7. The Balaban J connectivity index is 1.43. The lowest BCUT2D eigenvalue weighted by Gasteiger charge is -2.26. The fourth-order valence-electron chi connectivity index (χ4n) is 3.42. The van der Waals surface area contributed by atoms with Gasteiger partial charge >= 0.3 is 0 Å². The maximum atomic E-state index is 12.9. The fraction of sp³-hybridized carbons (Fsp3) is 0.148. The molecule has 5 nitrogen and oxygen atoms in total. The van der Waals surface area contributed by atoms with Crippen LogP contribution in [0.5, 0.6) is 5.75 Å². The van der Waals surface area contributed by atoms with Crippen molar-refractivity contribution in [2.75, 3.05) is 0 Å². The number of nitrogens with one attached hydrogen (secondary N) is 1. The molecule has 0 radical (unpaired) electrons. The predicted molar refractivity (Wildman–Crippen MR) is 155 cm³/mol. The summed E-state index contributed by atoms with van der Waals surface area (Å²) < 4.78 is 4.38. The average Bonchev–Trinajstić information content (AvgIpc) is 3.12. The Morgan fingerprint density at radius 2 is 1.70 bits per heavy atom. The van der Waals surface area contributed by atoms with Gasteiger partial charge in [-0.05, 0) is 48.4 Å². The lowest BCUT2D eigenvalue weighted by Crippen LogP contribution is -2.47. The van der Waals surface area contributed by atoms with Crippen molar-refractivity contribution in [1.82, 2.24) is 10.2 Å². The van der Waals surface area contributed by atoms with E-state index >= 15 is 0 Å². The van der Waals surface area contributed by atoms with Crippen molar-refractivity contribution in [3.63, 3.8) is 0 Å². The minimum atomic E-state index is -1.92. The van der Waals surface area contributed by atoms with Crippen molar-refractivity contribution >= 4 is 81.0 Å². The first-order valence-electron chi connectivity index (χ1n) is 11.1. The zero-order valence-corrected chi connectivity index (χ0v) is 23.4. The Hall–Kier alpha value is -2.55. The van der Waals surface area contributed by atoms with E-state index in [0.717, 1.165) is 16.7 Å². The van der Waals surface area contributed by atoms with Gasteiger partial charge in [-0.3, -0.25) is 14.5 Å². The maximum Gasteiger partial charge on any atom is 0.266 e. The molecular weight excluding hydrogens is 571 g/mol. The monoisotopic (exact) mass is 590 g/mol. The molecule has 190 valence electrons. The summed E-state index contributed by atoms with van der Waals surface area (Å²) in [5.74, 6) is -0.214. The topological polar surface area (TPSA) is 58.6 Å². The average molecular weight is 592 g/mol. The fourth-order valence-corrected chi connectivity index (χ4v) is 4.97. The standard InChI is InChI=1S/C27H21Cl3N2O3S2/c1-17-7-11-20(12-8-17)23(33)31-25(27(28,29)30)35-21-13-9-18(10-14-21)15-22-24(34)32(26(36)37-22)16-19-5-3-2-4-6-19/h2-15,25H,16H2,1H3,(H,31,33)/b22-15-. The van der Waals surface area contributed by atoms with Crippen LogP contribution < -0.4 is 10.1 Å². The maximum absolute atomic E-state index is 12.9. The molecule has 4 rings (SSSR count). The Morgan fingerprint density at radius 3 is 2.32 bits per heavy atom. The highest BCUT2D eigenvalue weighted by Crippen LogP contribution is 2.35. The van der Waals surface area contributed by atoms with E-state index in [1.807, 2.05) is 49.4 Å². The van der Waals surface area contributed by atoms with Crippen molar-refractivity contribution in [3.05, 3.63) is 106 Å². The quantitative estimate of drug-likeness (QED) is 0.140. The number of hydrogen-bond donors (Lipinski definition) is 1. The van der Waals surface area contributed by atoms with Crippen molar-refractivity contribution in [1.29, 1.82) is 0 Å². The first-order valence-corrected chi connectivity index (χ1v) is 13.5. The number of alkyl halides is 3. The number of aryl methyl sites for hydroxylation is 1. The minimum absolute atomic E-state index is 0.144. The smallest absolute Gasteiger partial charge is 0.266 e. The Morgan fingerprint density at radius 1 is 1.05 bits per heavy atom. The SMILES string of the molecule is Cc1ccc(C(=O)NC(Oc2ccc(/C=C3\SC(=S)N(Cc4ccccc4)C3=O)cc2)C(Cl)(Cl)Cl)cc1. The number of thiocarbonyl (C=S) groups is 1. The molecule has 1 aliphatic rings. The van der Waals surface area contributed by atoms with E-state index in [0.29, 0.717) is 27.1 Å². The first-order chi connectivity index (χ1) is 17.6. The number of ether oxygens (including phenoxy) is 1. The van der Waals surface area contributed by atoms with Crippen LogP contribution in [0.1, 0.15) is 27.0 Å². The molecule has 3 aromatic carbocycles. The summed E-state index contributed by atoms with van der Waals surface area (Å²) in [6, 6.07) is 23.5. The van der Waals surface area contributed by atoms with E-state index < -0.39 is 15.9 Å². The van der Waals surface area contributed by atoms with Crippen LogP contribution in [0.15, 0.2) is 83.8 Å². The summed E-state index contributed by atoms with van der Waals surface area (Å²) in [6.07, 6.45) is 0.519. The first kappa shape index (κ1) is 27.5. The van der Waals surface area contributed by atoms with Gasteiger partial charge in [-0.15, -0.1) is 0 Å². The number of nitrogens with zero attached hydrogens (tertiary/aromatic N) is 1. The normalized spacial score (nSPS) is 15.7. The van der Waals surface area contributed by atoms with E-state index in [1.54, 1.807) is 47.4 Å². The van der Waals surface area contributed by atoms with Crippen LogP contribution in [0, 0.1) is 6.92 Å². The number of benzene rings is 3. The van der Waals surface area contributed by atoms with E-state index in [-0.39, 0.29) is 5.91 Å². The van der Waals surface area contributed by atoms with Crippen LogP contribution in [-0.2, 0) is 11.3 Å². The highest BCUT2D eigenvalue weighted by molar-refractivity contribution is 8.26. The van der Waals surface area contributed by atoms with Crippen molar-refractivity contribution < 1.29 is 14.3 Å². The third kappa shape index (κ3) is 7.27. The lowest BCUT2D eigenvalue weighted by molar-refractivity contribution is -0.122. The Bertz CT molecular complexity index is 1330. The van der Waals surface area contributed by atoms with E-state index in [1.165, 1.54) is 11.8 Å². The van der Waals surface area contributed by atoms with Gasteiger partial charge in [0.25, 0.3) is 11.8 Å². The largest absolute Gasteiger partial charge is 0.466 e. The van der Waals surface area contributed by atoms with E-state index in [2.05, 4.69) is 5.32 Å². The molecule has 1 atom stereocenters. The van der Waals surface area contributed by atoms with Gasteiger partial charge in [-0.2, -0.15) is 0 Å². The minimum Gasteiger partial charge on any atom is -0.466 e. The molecule has 1 unspecified atom stereocenters. The number of thioether (sulfide) groups is 1.